The Morgan fingerprint density at radius 2 is 1.90 bits per heavy atom. The molecule has 0 saturated heterocycles. The molecular weight excluding hydrogens is 356 g/mol. The van der Waals surface area contributed by atoms with Crippen LogP contribution in [0.3, 0.4) is 0 Å². The van der Waals surface area contributed by atoms with E-state index >= 15 is 0 Å². The van der Waals surface area contributed by atoms with Gasteiger partial charge in [-0.2, -0.15) is 0 Å². The first-order valence-corrected chi connectivity index (χ1v) is 12.0. The number of aliphatic hydroxyl groups is 2. The number of hydrogen-bond acceptors (Lipinski definition) is 2. The van der Waals surface area contributed by atoms with E-state index in [2.05, 4.69) is 26.8 Å². The van der Waals surface area contributed by atoms with Gasteiger partial charge in [-0.25, -0.2) is 0 Å². The predicted octanol–water partition coefficient (Wildman–Crippen LogP) is 6.36. The third-order valence-electron chi connectivity index (χ3n) is 9.95. The van der Waals surface area contributed by atoms with Crippen LogP contribution in [0, 0.1) is 46.3 Å². The molecule has 0 aliphatic heterocycles. The molecule has 0 radical (unpaired) electrons. The highest BCUT2D eigenvalue weighted by molar-refractivity contribution is 5.27. The Kier molecular flexibility index (Phi) is 4.03. The molecule has 0 aromatic rings. The quantitative estimate of drug-likeness (QED) is 0.519. The van der Waals surface area contributed by atoms with E-state index in [1.807, 2.05) is 0 Å². The van der Waals surface area contributed by atoms with Crippen LogP contribution in [0.1, 0.15) is 108 Å². The van der Waals surface area contributed by atoms with Crippen LogP contribution in [0.5, 0.6) is 0 Å². The monoisotopic (exact) mass is 409 g/mol. The maximum atomic E-state index is 11.3. The molecule has 0 heterocycles. The van der Waals surface area contributed by atoms with Gasteiger partial charge in [-0.05, 0) is 91.3 Å². The second-order valence-electron chi connectivity index (χ2n) is 11.4. The van der Waals surface area contributed by atoms with Crippen molar-refractivity contribution >= 4 is 0 Å². The van der Waals surface area contributed by atoms with Gasteiger partial charge in [0.2, 0.25) is 0 Å². The molecule has 4 aliphatic rings. The first-order valence-electron chi connectivity index (χ1n) is 15.5. The van der Waals surface area contributed by atoms with Crippen molar-refractivity contribution < 1.29 is 19.8 Å². The summed E-state index contributed by atoms with van der Waals surface area (Å²) in [4.78, 5) is 0. The summed E-state index contributed by atoms with van der Waals surface area (Å²) in [6.07, 6.45) is 9.14. The molecule has 4 rings (SSSR count). The van der Waals surface area contributed by atoms with Gasteiger partial charge in [0.05, 0.1) is 12.2 Å². The first kappa shape index (κ1) is 14.7. The maximum absolute atomic E-state index is 11.3. The molecule has 2 nitrogen and oxygen atoms in total. The van der Waals surface area contributed by atoms with Crippen LogP contribution in [-0.4, -0.2) is 22.4 Å². The molecule has 1 unspecified atom stereocenters. The van der Waals surface area contributed by atoms with Crippen LogP contribution in [0.15, 0.2) is 11.6 Å². The summed E-state index contributed by atoms with van der Waals surface area (Å²) in [7, 11) is 0. The summed E-state index contributed by atoms with van der Waals surface area (Å²) in [6, 6.07) is 0. The Balaban J connectivity index is 1.47. The van der Waals surface area contributed by atoms with Crippen molar-refractivity contribution in [2.45, 2.75) is 111 Å². The van der Waals surface area contributed by atoms with E-state index in [1.165, 1.54) is 5.57 Å². The van der Waals surface area contributed by atoms with Crippen LogP contribution in [0.4, 0.5) is 0 Å². The Labute approximate surface area is 189 Å². The third-order valence-corrected chi connectivity index (χ3v) is 9.95. The average molecular weight is 410 g/mol. The molecule has 0 amide bonds. The molecule has 29 heavy (non-hydrogen) atoms. The molecule has 0 aromatic heterocycles. The normalized spacial score (nSPS) is 52.7. The average Bonchev–Trinajstić information content (AvgIpc) is 3.10. The first-order chi connectivity index (χ1) is 16.5. The minimum absolute atomic E-state index is 0.0656. The summed E-state index contributed by atoms with van der Waals surface area (Å²) < 4.78 is 54.4. The van der Waals surface area contributed by atoms with Gasteiger partial charge >= 0.3 is 0 Å². The highest BCUT2D eigenvalue weighted by atomic mass is 16.3. The SMILES string of the molecule is [2H]C([2H])([2H])C([2H])(CCC[C@@H](C)C1CC[C@H]2[C@@H]3[C@@H](O)C=C4C[C@@H](O)CC[C@]4(C)[C@H]3CC[C@]12C)C([2H])([2H])[2H]. The number of aliphatic hydroxyl groups excluding tert-OH is 2. The van der Waals surface area contributed by atoms with Crippen LogP contribution in [0.25, 0.3) is 0 Å². The molecule has 3 fully saturated rings. The summed E-state index contributed by atoms with van der Waals surface area (Å²) in [6.45, 7) is 1.26. The standard InChI is InChI=1S/C27H46O2/c1-17(2)7-6-8-18(3)21-9-10-22-25-23(12-14-27(21,22)5)26(4)13-11-20(28)15-19(26)16-24(25)29/h16-18,20-25,28-29H,6-15H2,1-5H3/t18-,20+,21?,22+,23+,24+,25+,26+,27-/m1/s1/i1D3,2D3,17D. The number of hydrogen-bond donors (Lipinski definition) is 2. The summed E-state index contributed by atoms with van der Waals surface area (Å²) >= 11 is 0. The summed E-state index contributed by atoms with van der Waals surface area (Å²) in [5.74, 6) is -0.574. The summed E-state index contributed by atoms with van der Waals surface area (Å²) in [5, 5.41) is 21.6. The Morgan fingerprint density at radius 1 is 1.10 bits per heavy atom. The zero-order valence-electron chi connectivity index (χ0n) is 25.6. The van der Waals surface area contributed by atoms with Crippen molar-refractivity contribution in [3.8, 4) is 0 Å². The Bertz CT molecular complexity index is 838. The second-order valence-corrected chi connectivity index (χ2v) is 11.4. The van der Waals surface area contributed by atoms with Crippen LogP contribution >= 0.6 is 0 Å². The molecule has 0 bridgehead atoms. The highest BCUT2D eigenvalue weighted by Crippen LogP contribution is 2.67. The minimum Gasteiger partial charge on any atom is -0.393 e. The van der Waals surface area contributed by atoms with Gasteiger partial charge in [-0.3, -0.25) is 0 Å². The number of rotatable bonds is 5. The van der Waals surface area contributed by atoms with Gasteiger partial charge in [0.15, 0.2) is 0 Å². The van der Waals surface area contributed by atoms with E-state index in [1.54, 1.807) is 0 Å². The second kappa shape index (κ2) is 7.97. The van der Waals surface area contributed by atoms with E-state index in [9.17, 15) is 10.2 Å². The highest BCUT2D eigenvalue weighted by Gasteiger charge is 2.61. The smallest absolute Gasteiger partial charge is 0.0757 e. The van der Waals surface area contributed by atoms with Crippen molar-refractivity contribution in [1.82, 2.24) is 0 Å². The molecule has 0 aromatic carbocycles. The lowest BCUT2D eigenvalue weighted by Gasteiger charge is -2.59. The van der Waals surface area contributed by atoms with E-state index in [0.717, 1.165) is 44.9 Å². The fourth-order valence-electron chi connectivity index (χ4n) is 8.41. The minimum atomic E-state index is -2.85. The predicted molar refractivity (Wildman–Crippen MR) is 120 cm³/mol. The largest absolute Gasteiger partial charge is 0.393 e. The molecule has 9 atom stereocenters. The van der Waals surface area contributed by atoms with E-state index < -0.39 is 25.7 Å². The zero-order valence-corrected chi connectivity index (χ0v) is 18.6. The fourth-order valence-corrected chi connectivity index (χ4v) is 8.41. The van der Waals surface area contributed by atoms with Gasteiger partial charge in [-0.15, -0.1) is 0 Å². The Morgan fingerprint density at radius 3 is 2.66 bits per heavy atom. The molecule has 3 saturated carbocycles. The van der Waals surface area contributed by atoms with Gasteiger partial charge in [0.25, 0.3) is 0 Å². The molecule has 2 N–H and O–H groups in total. The van der Waals surface area contributed by atoms with Gasteiger partial charge in [-0.1, -0.05) is 65.4 Å². The lowest BCUT2D eigenvalue weighted by atomic mass is 9.46. The maximum Gasteiger partial charge on any atom is 0.0757 e. The third kappa shape index (κ3) is 3.65. The number of fused-ring (bicyclic) bond motifs is 5. The van der Waals surface area contributed by atoms with E-state index in [-0.39, 0.29) is 29.3 Å². The van der Waals surface area contributed by atoms with Crippen LogP contribution < -0.4 is 0 Å². The molecule has 0 spiro atoms. The van der Waals surface area contributed by atoms with Crippen LogP contribution in [-0.2, 0) is 0 Å². The topological polar surface area (TPSA) is 40.5 Å². The molecule has 4 aliphatic carbocycles. The molecule has 2 heteroatoms. The van der Waals surface area contributed by atoms with E-state index in [4.69, 9.17) is 9.60 Å². The Hall–Kier alpha value is -0.340. The van der Waals surface area contributed by atoms with Crippen molar-refractivity contribution in [1.29, 1.82) is 0 Å². The van der Waals surface area contributed by atoms with Crippen molar-refractivity contribution in [2.24, 2.45) is 46.3 Å². The van der Waals surface area contributed by atoms with Crippen molar-refractivity contribution in [3.05, 3.63) is 11.6 Å². The van der Waals surface area contributed by atoms with Crippen LogP contribution in [0.2, 0.25) is 0 Å². The molecular formula is C27H46O2. The van der Waals surface area contributed by atoms with Gasteiger partial charge in [0, 0.05) is 9.60 Å². The van der Waals surface area contributed by atoms with E-state index in [0.29, 0.717) is 36.5 Å². The zero-order chi connectivity index (χ0) is 26.9. The van der Waals surface area contributed by atoms with Gasteiger partial charge < -0.3 is 10.2 Å². The van der Waals surface area contributed by atoms with Gasteiger partial charge in [0.1, 0.15) is 0 Å². The van der Waals surface area contributed by atoms with Crippen molar-refractivity contribution in [3.63, 3.8) is 0 Å². The molecule has 166 valence electrons. The lowest BCUT2D eigenvalue weighted by Crippen LogP contribution is -2.54. The lowest BCUT2D eigenvalue weighted by molar-refractivity contribution is -0.0970. The van der Waals surface area contributed by atoms with Crippen molar-refractivity contribution in [2.75, 3.05) is 0 Å². The fraction of sp³-hybridized carbons (Fsp3) is 0.926. The summed E-state index contributed by atoms with van der Waals surface area (Å²) in [5.41, 5.74) is 1.42.